The van der Waals surface area contributed by atoms with Crippen LogP contribution in [0.3, 0.4) is 0 Å². The lowest BCUT2D eigenvalue weighted by atomic mass is 10.2. The molecule has 0 amide bonds. The van der Waals surface area contributed by atoms with Crippen molar-refractivity contribution < 1.29 is 14.3 Å². The number of rotatable bonds is 5. The smallest absolute Gasteiger partial charge is 0.170 e. The molecule has 104 valence electrons. The molecule has 0 unspecified atom stereocenters. The van der Waals surface area contributed by atoms with Gasteiger partial charge in [0.2, 0.25) is 0 Å². The van der Waals surface area contributed by atoms with Crippen molar-refractivity contribution in [2.45, 2.75) is 6.42 Å². The molecule has 0 aliphatic heterocycles. The third-order valence-electron chi connectivity index (χ3n) is 2.71. The topological polar surface area (TPSA) is 80.7 Å². The van der Waals surface area contributed by atoms with Crippen molar-refractivity contribution >= 4 is 5.84 Å². The highest BCUT2D eigenvalue weighted by molar-refractivity contribution is 5.97. The van der Waals surface area contributed by atoms with E-state index in [0.717, 1.165) is 11.6 Å². The highest BCUT2D eigenvalue weighted by atomic mass is 19.1. The zero-order valence-corrected chi connectivity index (χ0v) is 10.7. The van der Waals surface area contributed by atoms with E-state index in [0.29, 0.717) is 18.6 Å². The maximum atomic E-state index is 13.7. The van der Waals surface area contributed by atoms with Crippen LogP contribution in [0.5, 0.6) is 5.75 Å². The largest absolute Gasteiger partial charge is 0.490 e. The van der Waals surface area contributed by atoms with E-state index in [1.165, 1.54) is 12.1 Å². The van der Waals surface area contributed by atoms with Gasteiger partial charge in [0.1, 0.15) is 0 Å². The van der Waals surface area contributed by atoms with Crippen LogP contribution in [-0.2, 0) is 6.42 Å². The Bertz CT molecular complexity index is 603. The Labute approximate surface area is 115 Å². The van der Waals surface area contributed by atoms with Gasteiger partial charge in [0, 0.05) is 24.4 Å². The minimum atomic E-state index is -0.555. The lowest BCUT2D eigenvalue weighted by molar-refractivity contribution is 0.305. The second kappa shape index (κ2) is 6.51. The second-order valence-corrected chi connectivity index (χ2v) is 4.09. The first-order valence-corrected chi connectivity index (χ1v) is 6.00. The number of benzene rings is 1. The summed E-state index contributed by atoms with van der Waals surface area (Å²) in [5, 5.41) is 11.3. The predicted octanol–water partition coefficient (Wildman–Crippen LogP) is 1.94. The van der Waals surface area contributed by atoms with Crippen LogP contribution in [0.15, 0.2) is 47.9 Å². The van der Waals surface area contributed by atoms with E-state index in [1.54, 1.807) is 12.4 Å². The van der Waals surface area contributed by atoms with E-state index in [4.69, 9.17) is 15.7 Å². The molecule has 0 atom stereocenters. The van der Waals surface area contributed by atoms with Crippen LogP contribution in [0.25, 0.3) is 0 Å². The zero-order chi connectivity index (χ0) is 14.4. The van der Waals surface area contributed by atoms with Crippen LogP contribution >= 0.6 is 0 Å². The van der Waals surface area contributed by atoms with Crippen LogP contribution < -0.4 is 10.5 Å². The third kappa shape index (κ3) is 3.44. The van der Waals surface area contributed by atoms with Gasteiger partial charge >= 0.3 is 0 Å². The van der Waals surface area contributed by atoms with Gasteiger partial charge in [-0.05, 0) is 29.8 Å². The number of pyridine rings is 1. The van der Waals surface area contributed by atoms with Crippen molar-refractivity contribution in [3.63, 3.8) is 0 Å². The average molecular weight is 275 g/mol. The SMILES string of the molecule is N/C(=N/O)c1ccc(OCCc2cccnc2)c(F)c1. The summed E-state index contributed by atoms with van der Waals surface area (Å²) in [6.07, 6.45) is 4.06. The van der Waals surface area contributed by atoms with Gasteiger partial charge in [-0.2, -0.15) is 0 Å². The summed E-state index contributed by atoms with van der Waals surface area (Å²) in [4.78, 5) is 3.99. The van der Waals surface area contributed by atoms with Crippen molar-refractivity contribution in [1.29, 1.82) is 0 Å². The first kappa shape index (κ1) is 13.8. The molecule has 0 saturated heterocycles. The number of halogens is 1. The van der Waals surface area contributed by atoms with Gasteiger partial charge in [-0.1, -0.05) is 11.2 Å². The number of amidine groups is 1. The van der Waals surface area contributed by atoms with Gasteiger partial charge in [0.05, 0.1) is 6.61 Å². The molecule has 6 heteroatoms. The van der Waals surface area contributed by atoms with Gasteiger partial charge in [-0.15, -0.1) is 0 Å². The molecular formula is C14H14FN3O2. The highest BCUT2D eigenvalue weighted by Crippen LogP contribution is 2.18. The number of hydrogen-bond acceptors (Lipinski definition) is 4. The molecule has 1 aromatic heterocycles. The van der Waals surface area contributed by atoms with Crippen LogP contribution in [0, 0.1) is 5.82 Å². The number of ether oxygens (including phenoxy) is 1. The van der Waals surface area contributed by atoms with Crippen LogP contribution in [-0.4, -0.2) is 22.6 Å². The molecule has 5 nitrogen and oxygen atoms in total. The Morgan fingerprint density at radius 3 is 2.90 bits per heavy atom. The Hall–Kier alpha value is -2.63. The summed E-state index contributed by atoms with van der Waals surface area (Å²) in [5.74, 6) is -0.575. The summed E-state index contributed by atoms with van der Waals surface area (Å²) in [6, 6.07) is 7.90. The van der Waals surface area contributed by atoms with Gasteiger partial charge in [0.25, 0.3) is 0 Å². The van der Waals surface area contributed by atoms with Crippen molar-refractivity contribution in [2.24, 2.45) is 10.9 Å². The molecule has 20 heavy (non-hydrogen) atoms. The molecular weight excluding hydrogens is 261 g/mol. The summed E-state index contributed by atoms with van der Waals surface area (Å²) < 4.78 is 19.1. The summed E-state index contributed by atoms with van der Waals surface area (Å²) in [7, 11) is 0. The van der Waals surface area contributed by atoms with Gasteiger partial charge in [0.15, 0.2) is 17.4 Å². The molecule has 3 N–H and O–H groups in total. The number of hydrogen-bond donors (Lipinski definition) is 2. The molecule has 0 spiro atoms. The summed E-state index contributed by atoms with van der Waals surface area (Å²) >= 11 is 0. The molecule has 0 fully saturated rings. The summed E-state index contributed by atoms with van der Waals surface area (Å²) in [6.45, 7) is 0.339. The fourth-order valence-corrected chi connectivity index (χ4v) is 1.66. The van der Waals surface area contributed by atoms with E-state index < -0.39 is 5.82 Å². The quantitative estimate of drug-likeness (QED) is 0.378. The van der Waals surface area contributed by atoms with E-state index in [-0.39, 0.29) is 11.6 Å². The third-order valence-corrected chi connectivity index (χ3v) is 2.71. The Kier molecular flexibility index (Phi) is 4.49. The highest BCUT2D eigenvalue weighted by Gasteiger charge is 2.07. The van der Waals surface area contributed by atoms with Crippen molar-refractivity contribution in [3.8, 4) is 5.75 Å². The van der Waals surface area contributed by atoms with Gasteiger partial charge in [-0.3, -0.25) is 4.98 Å². The van der Waals surface area contributed by atoms with E-state index >= 15 is 0 Å². The molecule has 0 radical (unpaired) electrons. The van der Waals surface area contributed by atoms with Crippen molar-refractivity contribution in [2.75, 3.05) is 6.61 Å². The Morgan fingerprint density at radius 1 is 1.40 bits per heavy atom. The number of oxime groups is 1. The molecule has 2 rings (SSSR count). The van der Waals surface area contributed by atoms with Crippen molar-refractivity contribution in [3.05, 3.63) is 59.7 Å². The number of nitrogens with zero attached hydrogens (tertiary/aromatic N) is 2. The number of nitrogens with two attached hydrogens (primary N) is 1. The van der Waals surface area contributed by atoms with E-state index in [2.05, 4.69) is 10.1 Å². The maximum absolute atomic E-state index is 13.7. The standard InChI is InChI=1S/C14H14FN3O2/c15-12-8-11(14(16)18-19)3-4-13(12)20-7-5-10-2-1-6-17-9-10/h1-4,6,8-9,19H,5,7H2,(H2,16,18). The van der Waals surface area contributed by atoms with E-state index in [1.807, 2.05) is 12.1 Å². The summed E-state index contributed by atoms with van der Waals surface area (Å²) in [5.41, 5.74) is 6.69. The molecule has 0 aliphatic carbocycles. The maximum Gasteiger partial charge on any atom is 0.170 e. The van der Waals surface area contributed by atoms with Crippen LogP contribution in [0.1, 0.15) is 11.1 Å². The van der Waals surface area contributed by atoms with Crippen molar-refractivity contribution in [1.82, 2.24) is 4.98 Å². The fraction of sp³-hybridized carbons (Fsp3) is 0.143. The van der Waals surface area contributed by atoms with E-state index in [9.17, 15) is 4.39 Å². The minimum absolute atomic E-state index is 0.128. The minimum Gasteiger partial charge on any atom is -0.490 e. The van der Waals surface area contributed by atoms with Crippen LogP contribution in [0.4, 0.5) is 4.39 Å². The first-order chi connectivity index (χ1) is 9.70. The zero-order valence-electron chi connectivity index (χ0n) is 10.7. The average Bonchev–Trinajstić information content (AvgIpc) is 2.49. The predicted molar refractivity (Wildman–Crippen MR) is 72.3 cm³/mol. The lowest BCUT2D eigenvalue weighted by Gasteiger charge is -2.08. The Morgan fingerprint density at radius 2 is 2.25 bits per heavy atom. The number of aromatic nitrogens is 1. The monoisotopic (exact) mass is 275 g/mol. The molecule has 0 aliphatic rings. The van der Waals surface area contributed by atoms with Crippen LogP contribution in [0.2, 0.25) is 0 Å². The molecule has 0 bridgehead atoms. The fourth-order valence-electron chi connectivity index (χ4n) is 1.66. The Balaban J connectivity index is 1.97. The van der Waals surface area contributed by atoms with Gasteiger partial charge in [-0.25, -0.2) is 4.39 Å². The molecule has 0 saturated carbocycles. The molecule has 2 aromatic rings. The normalized spacial score (nSPS) is 11.3. The van der Waals surface area contributed by atoms with Gasteiger partial charge < -0.3 is 15.7 Å². The second-order valence-electron chi connectivity index (χ2n) is 4.09. The first-order valence-electron chi connectivity index (χ1n) is 6.00. The molecule has 1 aromatic carbocycles. The molecule has 1 heterocycles. The lowest BCUT2D eigenvalue weighted by Crippen LogP contribution is -2.13.